The van der Waals surface area contributed by atoms with Crippen molar-refractivity contribution in [2.75, 3.05) is 0 Å². The van der Waals surface area contributed by atoms with Crippen LogP contribution in [0.15, 0.2) is 23.4 Å². The summed E-state index contributed by atoms with van der Waals surface area (Å²) < 4.78 is 51.7. The Bertz CT molecular complexity index is 779. The predicted molar refractivity (Wildman–Crippen MR) is 68.8 cm³/mol. The summed E-state index contributed by atoms with van der Waals surface area (Å²) in [7, 11) is -4.03. The molecule has 0 radical (unpaired) electrons. The molecule has 1 aromatic heterocycles. The molecule has 2 aromatic rings. The molecule has 0 unspecified atom stereocenters. The molecule has 0 spiro atoms. The van der Waals surface area contributed by atoms with Crippen LogP contribution in [-0.4, -0.2) is 23.2 Å². The molecule has 1 heterocycles. The van der Waals surface area contributed by atoms with E-state index in [-0.39, 0.29) is 29.0 Å². The number of benzene rings is 1. The average molecular weight is 314 g/mol. The van der Waals surface area contributed by atoms with E-state index in [2.05, 4.69) is 10.2 Å². The molecule has 1 aromatic carbocycles. The second-order valence-corrected chi connectivity index (χ2v) is 6.38. The van der Waals surface area contributed by atoms with Crippen molar-refractivity contribution >= 4 is 10.0 Å². The van der Waals surface area contributed by atoms with E-state index in [9.17, 15) is 17.2 Å². The maximum Gasteiger partial charge on any atom is 0.273 e. The fraction of sp³-hybridized carbons (Fsp3) is 0.333. The zero-order chi connectivity index (χ0) is 15.2. The first kappa shape index (κ1) is 14.1. The molecule has 0 atom stereocenters. The van der Waals surface area contributed by atoms with E-state index in [1.54, 1.807) is 0 Å². The number of nitrogens with zero attached hydrogens (tertiary/aromatic N) is 3. The molecular formula is C12H12F2N4O2S. The van der Waals surface area contributed by atoms with Crippen LogP contribution in [0.5, 0.6) is 0 Å². The molecule has 0 saturated heterocycles. The van der Waals surface area contributed by atoms with E-state index in [0.29, 0.717) is 0 Å². The zero-order valence-electron chi connectivity index (χ0n) is 10.8. The van der Waals surface area contributed by atoms with Crippen LogP contribution in [0, 0.1) is 11.6 Å². The number of sulfonamides is 1. The molecule has 2 N–H and O–H groups in total. The number of hydrogen-bond acceptors (Lipinski definition) is 4. The van der Waals surface area contributed by atoms with Crippen LogP contribution < -0.4 is 5.14 Å². The lowest BCUT2D eigenvalue weighted by Gasteiger charge is -2.08. The summed E-state index contributed by atoms with van der Waals surface area (Å²) in [4.78, 5) is 0. The normalized spacial score (nSPS) is 15.4. The summed E-state index contributed by atoms with van der Waals surface area (Å²) in [5, 5.41) is 12.0. The summed E-state index contributed by atoms with van der Waals surface area (Å²) in [6, 6.07) is 3.45. The van der Waals surface area contributed by atoms with Crippen molar-refractivity contribution in [3.63, 3.8) is 0 Å². The number of hydrogen-bond donors (Lipinski definition) is 1. The molecule has 21 heavy (non-hydrogen) atoms. The van der Waals surface area contributed by atoms with Crippen LogP contribution >= 0.6 is 0 Å². The molecule has 0 amide bonds. The summed E-state index contributed by atoms with van der Waals surface area (Å²) in [6.07, 6.45) is 1.33. The predicted octanol–water partition coefficient (Wildman–Crippen LogP) is 1.13. The fourth-order valence-electron chi connectivity index (χ4n) is 2.18. The molecular weight excluding hydrogens is 302 g/mol. The van der Waals surface area contributed by atoms with Gasteiger partial charge in [-0.25, -0.2) is 22.3 Å². The highest BCUT2D eigenvalue weighted by Crippen LogP contribution is 2.37. The van der Waals surface area contributed by atoms with Crippen molar-refractivity contribution in [2.24, 2.45) is 5.14 Å². The fourth-order valence-corrected chi connectivity index (χ4v) is 2.86. The Morgan fingerprint density at radius 3 is 2.38 bits per heavy atom. The molecule has 1 aliphatic carbocycles. The van der Waals surface area contributed by atoms with E-state index in [0.717, 1.165) is 25.0 Å². The highest BCUT2D eigenvalue weighted by atomic mass is 32.2. The number of aromatic nitrogens is 3. The smallest absolute Gasteiger partial charge is 0.273 e. The van der Waals surface area contributed by atoms with Gasteiger partial charge in [0, 0.05) is 18.0 Å². The number of nitrogens with two attached hydrogens (primary N) is 1. The lowest BCUT2D eigenvalue weighted by Crippen LogP contribution is -2.19. The lowest BCUT2D eigenvalue weighted by molar-refractivity contribution is 0.545. The van der Waals surface area contributed by atoms with Gasteiger partial charge in [-0.15, -0.1) is 10.2 Å². The van der Waals surface area contributed by atoms with Gasteiger partial charge in [-0.2, -0.15) is 0 Å². The maximum absolute atomic E-state index is 13.7. The van der Waals surface area contributed by atoms with Crippen LogP contribution in [0.25, 0.3) is 0 Å². The highest BCUT2D eigenvalue weighted by Gasteiger charge is 2.33. The first-order valence-corrected chi connectivity index (χ1v) is 7.82. The van der Waals surface area contributed by atoms with Gasteiger partial charge in [-0.05, 0) is 25.0 Å². The minimum absolute atomic E-state index is 0.0850. The Balaban J connectivity index is 2.06. The molecule has 112 valence electrons. The second-order valence-electron chi connectivity index (χ2n) is 4.92. The van der Waals surface area contributed by atoms with Crippen molar-refractivity contribution in [3.05, 3.63) is 41.2 Å². The standard InChI is InChI=1S/C12H12F2N4O2S/c13-9-2-1-3-10(14)8(9)6-11-16-17-12(21(15,19)20)18(11)7-4-5-7/h1-3,7H,4-6H2,(H2,15,19,20). The molecule has 1 saturated carbocycles. The maximum atomic E-state index is 13.7. The van der Waals surface area contributed by atoms with E-state index >= 15 is 0 Å². The largest absolute Gasteiger partial charge is 0.297 e. The minimum Gasteiger partial charge on any atom is -0.297 e. The molecule has 6 nitrogen and oxygen atoms in total. The summed E-state index contributed by atoms with van der Waals surface area (Å²) >= 11 is 0. The second kappa shape index (κ2) is 4.85. The zero-order valence-corrected chi connectivity index (χ0v) is 11.6. The van der Waals surface area contributed by atoms with Gasteiger partial charge in [0.1, 0.15) is 17.5 Å². The van der Waals surface area contributed by atoms with Gasteiger partial charge < -0.3 is 0 Å². The Hall–Kier alpha value is -1.87. The van der Waals surface area contributed by atoms with Gasteiger partial charge in [0.2, 0.25) is 0 Å². The van der Waals surface area contributed by atoms with E-state index < -0.39 is 21.7 Å². The molecule has 0 aliphatic heterocycles. The van der Waals surface area contributed by atoms with Gasteiger partial charge in [0.15, 0.2) is 0 Å². The van der Waals surface area contributed by atoms with E-state index in [1.165, 1.54) is 10.6 Å². The Morgan fingerprint density at radius 1 is 1.24 bits per heavy atom. The van der Waals surface area contributed by atoms with Gasteiger partial charge in [0.25, 0.3) is 15.2 Å². The average Bonchev–Trinajstić information content (AvgIpc) is 3.13. The van der Waals surface area contributed by atoms with Crippen molar-refractivity contribution in [1.82, 2.24) is 14.8 Å². The van der Waals surface area contributed by atoms with Crippen LogP contribution in [0.2, 0.25) is 0 Å². The molecule has 1 aliphatic rings. The van der Waals surface area contributed by atoms with Crippen LogP contribution in [0.4, 0.5) is 8.78 Å². The first-order chi connectivity index (χ1) is 9.88. The van der Waals surface area contributed by atoms with Gasteiger partial charge in [-0.3, -0.25) is 4.57 Å². The third-order valence-corrected chi connectivity index (χ3v) is 4.09. The molecule has 9 heteroatoms. The minimum atomic E-state index is -4.03. The quantitative estimate of drug-likeness (QED) is 0.916. The molecule has 1 fully saturated rings. The summed E-state index contributed by atoms with van der Waals surface area (Å²) in [5.74, 6) is -1.24. The highest BCUT2D eigenvalue weighted by molar-refractivity contribution is 7.89. The number of rotatable bonds is 4. The van der Waals surface area contributed by atoms with Gasteiger partial charge in [0.05, 0.1) is 0 Å². The Kier molecular flexibility index (Phi) is 3.25. The van der Waals surface area contributed by atoms with Crippen molar-refractivity contribution in [1.29, 1.82) is 0 Å². The number of halogens is 2. The molecule has 3 rings (SSSR count). The topological polar surface area (TPSA) is 90.9 Å². The van der Waals surface area contributed by atoms with Crippen molar-refractivity contribution in [2.45, 2.75) is 30.5 Å². The first-order valence-electron chi connectivity index (χ1n) is 6.27. The van der Waals surface area contributed by atoms with E-state index in [4.69, 9.17) is 5.14 Å². The Labute approximate surface area is 119 Å². The van der Waals surface area contributed by atoms with E-state index in [1.807, 2.05) is 0 Å². The lowest BCUT2D eigenvalue weighted by atomic mass is 10.1. The summed E-state index contributed by atoms with van der Waals surface area (Å²) in [5.41, 5.74) is -0.173. The SMILES string of the molecule is NS(=O)(=O)c1nnc(Cc2c(F)cccc2F)n1C1CC1. The summed E-state index contributed by atoms with van der Waals surface area (Å²) in [6.45, 7) is 0. The van der Waals surface area contributed by atoms with Crippen molar-refractivity contribution in [3.8, 4) is 0 Å². The monoisotopic (exact) mass is 314 g/mol. The van der Waals surface area contributed by atoms with Crippen molar-refractivity contribution < 1.29 is 17.2 Å². The van der Waals surface area contributed by atoms with Crippen LogP contribution in [-0.2, 0) is 16.4 Å². The Morgan fingerprint density at radius 2 is 1.86 bits per heavy atom. The third kappa shape index (κ3) is 2.66. The number of primary sulfonamides is 1. The van der Waals surface area contributed by atoms with Gasteiger partial charge >= 0.3 is 0 Å². The molecule has 0 bridgehead atoms. The third-order valence-electron chi connectivity index (χ3n) is 3.30. The van der Waals surface area contributed by atoms with Crippen LogP contribution in [0.3, 0.4) is 0 Å². The van der Waals surface area contributed by atoms with Crippen LogP contribution in [0.1, 0.15) is 30.3 Å². The van der Waals surface area contributed by atoms with Gasteiger partial charge in [-0.1, -0.05) is 6.07 Å².